The fraction of sp³-hybridized carbons (Fsp3) is 0.750. The van der Waals surface area contributed by atoms with Crippen LogP contribution in [0, 0.1) is 0 Å². The second-order valence-corrected chi connectivity index (χ2v) is 5.40. The Morgan fingerprint density at radius 2 is 2.00 bits per heavy atom. The van der Waals surface area contributed by atoms with E-state index >= 15 is 0 Å². The van der Waals surface area contributed by atoms with Crippen LogP contribution >= 0.6 is 12.6 Å². The zero-order valence-electron chi connectivity index (χ0n) is 9.42. The monoisotopic (exact) mass is 228 g/mol. The van der Waals surface area contributed by atoms with Crippen LogP contribution in [0.15, 0.2) is 12.2 Å². The molecule has 0 aromatic carbocycles. The third-order valence-electron chi connectivity index (χ3n) is 2.93. The molecule has 86 valence electrons. The molecule has 2 nitrogen and oxygen atoms in total. The van der Waals surface area contributed by atoms with Crippen molar-refractivity contribution >= 4 is 18.6 Å². The minimum absolute atomic E-state index is 0.0909. The molecule has 0 aromatic rings. The molecule has 0 saturated heterocycles. The first-order valence-corrected chi connectivity index (χ1v) is 6.03. The second kappa shape index (κ2) is 5.59. The number of hydrogen-bond donors (Lipinski definition) is 1. The quantitative estimate of drug-likeness (QED) is 0.454. The van der Waals surface area contributed by atoms with Crippen LogP contribution in [0.5, 0.6) is 0 Å². The Morgan fingerprint density at radius 3 is 2.53 bits per heavy atom. The minimum atomic E-state index is -0.289. The number of esters is 1. The van der Waals surface area contributed by atoms with Crippen LogP contribution in [0.4, 0.5) is 0 Å². The van der Waals surface area contributed by atoms with E-state index < -0.39 is 0 Å². The van der Waals surface area contributed by atoms with Gasteiger partial charge >= 0.3 is 5.97 Å². The largest absolute Gasteiger partial charge is 0.462 e. The Morgan fingerprint density at radius 1 is 1.40 bits per heavy atom. The lowest BCUT2D eigenvalue weighted by molar-refractivity contribution is -0.139. The predicted octanol–water partition coefficient (Wildman–Crippen LogP) is 3.13. The van der Waals surface area contributed by atoms with Crippen molar-refractivity contribution in [2.45, 2.75) is 50.2 Å². The SMILES string of the molecule is C=C(C)C(=O)OCCC1(S)CCCCC1. The molecular formula is C12H20O2S. The zero-order valence-corrected chi connectivity index (χ0v) is 10.3. The van der Waals surface area contributed by atoms with E-state index in [9.17, 15) is 4.79 Å². The second-order valence-electron chi connectivity index (χ2n) is 4.45. The van der Waals surface area contributed by atoms with Crippen LogP contribution < -0.4 is 0 Å². The summed E-state index contributed by atoms with van der Waals surface area (Å²) in [4.78, 5) is 11.1. The Bertz CT molecular complexity index is 242. The summed E-state index contributed by atoms with van der Waals surface area (Å²) in [6.07, 6.45) is 6.94. The Kier molecular flexibility index (Phi) is 4.71. The minimum Gasteiger partial charge on any atom is -0.462 e. The average Bonchev–Trinajstić information content (AvgIpc) is 2.18. The number of carbonyl (C=O) groups excluding carboxylic acids is 1. The van der Waals surface area contributed by atoms with Crippen LogP contribution in [0.3, 0.4) is 0 Å². The smallest absolute Gasteiger partial charge is 0.333 e. The molecule has 0 radical (unpaired) electrons. The normalized spacial score (nSPS) is 19.6. The summed E-state index contributed by atoms with van der Waals surface area (Å²) < 4.78 is 5.17. The molecule has 0 aromatic heterocycles. The van der Waals surface area contributed by atoms with Gasteiger partial charge in [0, 0.05) is 10.3 Å². The first-order valence-electron chi connectivity index (χ1n) is 5.58. The fourth-order valence-electron chi connectivity index (χ4n) is 1.92. The highest BCUT2D eigenvalue weighted by Crippen LogP contribution is 2.36. The Hall–Kier alpha value is -0.440. The lowest BCUT2D eigenvalue weighted by Gasteiger charge is -2.32. The summed E-state index contributed by atoms with van der Waals surface area (Å²) in [5.74, 6) is -0.289. The molecule has 0 unspecified atom stereocenters. The molecule has 0 N–H and O–H groups in total. The van der Waals surface area contributed by atoms with E-state index in [1.807, 2.05) is 0 Å². The van der Waals surface area contributed by atoms with Gasteiger partial charge in [0.15, 0.2) is 0 Å². The van der Waals surface area contributed by atoms with E-state index in [0.717, 1.165) is 19.3 Å². The Labute approximate surface area is 97.5 Å². The van der Waals surface area contributed by atoms with Gasteiger partial charge in [0.25, 0.3) is 0 Å². The molecule has 3 heteroatoms. The van der Waals surface area contributed by atoms with Gasteiger partial charge in [0.2, 0.25) is 0 Å². The molecule has 0 bridgehead atoms. The summed E-state index contributed by atoms with van der Waals surface area (Å²) in [6, 6.07) is 0. The highest BCUT2D eigenvalue weighted by Gasteiger charge is 2.27. The number of rotatable bonds is 4. The van der Waals surface area contributed by atoms with Crippen molar-refractivity contribution in [3.05, 3.63) is 12.2 Å². The highest BCUT2D eigenvalue weighted by molar-refractivity contribution is 7.81. The van der Waals surface area contributed by atoms with Crippen LogP contribution in [-0.4, -0.2) is 17.3 Å². The molecule has 15 heavy (non-hydrogen) atoms. The maximum absolute atomic E-state index is 11.1. The van der Waals surface area contributed by atoms with E-state index in [-0.39, 0.29) is 10.7 Å². The summed E-state index contributed by atoms with van der Waals surface area (Å²) in [5, 5.41) is 0. The van der Waals surface area contributed by atoms with E-state index in [0.29, 0.717) is 12.2 Å². The van der Waals surface area contributed by atoms with Crippen LogP contribution in [0.1, 0.15) is 45.4 Å². The lowest BCUT2D eigenvalue weighted by atomic mass is 9.86. The molecule has 0 spiro atoms. The van der Waals surface area contributed by atoms with Gasteiger partial charge in [0.1, 0.15) is 0 Å². The number of carbonyl (C=O) groups is 1. The van der Waals surface area contributed by atoms with Gasteiger partial charge in [-0.1, -0.05) is 25.8 Å². The third kappa shape index (κ3) is 4.29. The molecule has 1 fully saturated rings. The van der Waals surface area contributed by atoms with Crippen LogP contribution in [0.25, 0.3) is 0 Å². The Balaban J connectivity index is 2.24. The summed E-state index contributed by atoms with van der Waals surface area (Å²) in [5.41, 5.74) is 0.465. The van der Waals surface area contributed by atoms with Gasteiger partial charge < -0.3 is 4.74 Å². The number of ether oxygens (including phenoxy) is 1. The van der Waals surface area contributed by atoms with Crippen LogP contribution in [-0.2, 0) is 9.53 Å². The van der Waals surface area contributed by atoms with Crippen molar-refractivity contribution in [1.29, 1.82) is 0 Å². The average molecular weight is 228 g/mol. The topological polar surface area (TPSA) is 26.3 Å². The van der Waals surface area contributed by atoms with Gasteiger partial charge in [0.05, 0.1) is 6.61 Å². The maximum atomic E-state index is 11.1. The van der Waals surface area contributed by atoms with Crippen molar-refractivity contribution < 1.29 is 9.53 Å². The summed E-state index contributed by atoms with van der Waals surface area (Å²) in [7, 11) is 0. The van der Waals surface area contributed by atoms with Gasteiger partial charge in [-0.05, 0) is 26.2 Å². The van der Waals surface area contributed by atoms with Gasteiger partial charge in [-0.15, -0.1) is 0 Å². The highest BCUT2D eigenvalue weighted by atomic mass is 32.1. The zero-order chi connectivity index (χ0) is 11.3. The standard InChI is InChI=1S/C12H20O2S/c1-10(2)11(13)14-9-8-12(15)6-4-3-5-7-12/h15H,1,3-9H2,2H3. The molecular weight excluding hydrogens is 208 g/mol. The predicted molar refractivity (Wildman–Crippen MR) is 65.2 cm³/mol. The van der Waals surface area contributed by atoms with E-state index in [4.69, 9.17) is 17.4 Å². The first-order chi connectivity index (χ1) is 7.03. The summed E-state index contributed by atoms with van der Waals surface area (Å²) >= 11 is 4.69. The molecule has 1 aliphatic rings. The molecule has 1 rings (SSSR count). The molecule has 1 saturated carbocycles. The fourth-order valence-corrected chi connectivity index (χ4v) is 2.32. The third-order valence-corrected chi connectivity index (χ3v) is 3.60. The van der Waals surface area contributed by atoms with Crippen molar-refractivity contribution in [2.24, 2.45) is 0 Å². The van der Waals surface area contributed by atoms with Crippen molar-refractivity contribution in [3.63, 3.8) is 0 Å². The number of thiol groups is 1. The van der Waals surface area contributed by atoms with Crippen molar-refractivity contribution in [1.82, 2.24) is 0 Å². The van der Waals surface area contributed by atoms with Gasteiger partial charge in [-0.25, -0.2) is 4.79 Å². The van der Waals surface area contributed by atoms with Crippen molar-refractivity contribution in [2.75, 3.05) is 6.61 Å². The molecule has 1 aliphatic carbocycles. The summed E-state index contributed by atoms with van der Waals surface area (Å²) in [6.45, 7) is 5.68. The van der Waals surface area contributed by atoms with E-state index in [1.54, 1.807) is 6.92 Å². The van der Waals surface area contributed by atoms with Gasteiger partial charge in [-0.3, -0.25) is 0 Å². The van der Waals surface area contributed by atoms with Crippen molar-refractivity contribution in [3.8, 4) is 0 Å². The van der Waals surface area contributed by atoms with Crippen LogP contribution in [0.2, 0.25) is 0 Å². The maximum Gasteiger partial charge on any atom is 0.333 e. The van der Waals surface area contributed by atoms with E-state index in [2.05, 4.69) is 6.58 Å². The first kappa shape index (κ1) is 12.6. The molecule has 0 amide bonds. The lowest BCUT2D eigenvalue weighted by Crippen LogP contribution is -2.27. The molecule has 0 aliphatic heterocycles. The molecule has 0 atom stereocenters. The number of hydrogen-bond acceptors (Lipinski definition) is 3. The molecule has 0 heterocycles. The van der Waals surface area contributed by atoms with E-state index in [1.165, 1.54) is 19.3 Å². The van der Waals surface area contributed by atoms with Gasteiger partial charge in [-0.2, -0.15) is 12.6 Å².